The van der Waals surface area contributed by atoms with E-state index in [9.17, 15) is 14.7 Å². The van der Waals surface area contributed by atoms with Crippen molar-refractivity contribution in [3.05, 3.63) is 35.4 Å². The summed E-state index contributed by atoms with van der Waals surface area (Å²) in [5, 5.41) is 11.9. The number of carboxylic acids is 1. The largest absolute Gasteiger partial charge is 0.548 e. The third kappa shape index (κ3) is 3.84. The third-order valence-electron chi connectivity index (χ3n) is 4.06. The predicted molar refractivity (Wildman–Crippen MR) is 84.8 cm³/mol. The van der Waals surface area contributed by atoms with Gasteiger partial charge >= 0.3 is 6.09 Å². The SMILES string of the molecule is Cc1cccc(C[C@]2(C(=O)[O-])CCCN2C(=O)OC(C)(C)C)c1. The monoisotopic (exact) mass is 318 g/mol. The summed E-state index contributed by atoms with van der Waals surface area (Å²) >= 11 is 0. The summed E-state index contributed by atoms with van der Waals surface area (Å²) in [6, 6.07) is 7.66. The molecular formula is C18H24NO4-. The number of hydrogen-bond donors (Lipinski definition) is 0. The molecule has 0 spiro atoms. The zero-order valence-electron chi connectivity index (χ0n) is 14.2. The van der Waals surface area contributed by atoms with Crippen molar-refractivity contribution in [1.29, 1.82) is 0 Å². The molecule has 1 aliphatic heterocycles. The van der Waals surface area contributed by atoms with E-state index in [-0.39, 0.29) is 6.42 Å². The van der Waals surface area contributed by atoms with Gasteiger partial charge in [0.1, 0.15) is 5.60 Å². The van der Waals surface area contributed by atoms with Gasteiger partial charge in [0.25, 0.3) is 0 Å². The summed E-state index contributed by atoms with van der Waals surface area (Å²) in [6.07, 6.45) is 0.643. The van der Waals surface area contributed by atoms with Crippen LogP contribution in [0.5, 0.6) is 0 Å². The van der Waals surface area contributed by atoms with Gasteiger partial charge in [-0.1, -0.05) is 29.8 Å². The molecule has 126 valence electrons. The van der Waals surface area contributed by atoms with Crippen molar-refractivity contribution < 1.29 is 19.4 Å². The Morgan fingerprint density at radius 3 is 2.61 bits per heavy atom. The maximum Gasteiger partial charge on any atom is 0.411 e. The summed E-state index contributed by atoms with van der Waals surface area (Å²) in [4.78, 5) is 25.7. The molecule has 1 heterocycles. The lowest BCUT2D eigenvalue weighted by atomic mass is 9.88. The van der Waals surface area contributed by atoms with Crippen LogP contribution >= 0.6 is 0 Å². The van der Waals surface area contributed by atoms with E-state index < -0.39 is 23.2 Å². The van der Waals surface area contributed by atoms with E-state index in [2.05, 4.69) is 0 Å². The number of hydrogen-bond acceptors (Lipinski definition) is 4. The molecule has 5 heteroatoms. The van der Waals surface area contributed by atoms with Crippen LogP contribution in [0.3, 0.4) is 0 Å². The molecule has 0 saturated carbocycles. The molecule has 5 nitrogen and oxygen atoms in total. The highest BCUT2D eigenvalue weighted by Gasteiger charge is 2.46. The van der Waals surface area contributed by atoms with E-state index in [0.717, 1.165) is 11.1 Å². The first-order valence-corrected chi connectivity index (χ1v) is 7.92. The van der Waals surface area contributed by atoms with Crippen LogP contribution in [-0.2, 0) is 16.0 Å². The van der Waals surface area contributed by atoms with Crippen LogP contribution in [0.25, 0.3) is 0 Å². The Balaban J connectivity index is 2.31. The maximum absolute atomic E-state index is 12.5. The summed E-state index contributed by atoms with van der Waals surface area (Å²) < 4.78 is 5.38. The van der Waals surface area contributed by atoms with Gasteiger partial charge in [0.15, 0.2) is 0 Å². The summed E-state index contributed by atoms with van der Waals surface area (Å²) in [7, 11) is 0. The molecule has 1 amide bonds. The highest BCUT2D eigenvalue weighted by Crippen LogP contribution is 2.34. The first-order chi connectivity index (χ1) is 10.6. The van der Waals surface area contributed by atoms with Crippen LogP contribution in [-0.4, -0.2) is 34.6 Å². The summed E-state index contributed by atoms with van der Waals surface area (Å²) in [5.74, 6) is -1.22. The topological polar surface area (TPSA) is 69.7 Å². The Hall–Kier alpha value is -2.04. The van der Waals surface area contributed by atoms with Crippen molar-refractivity contribution in [3.8, 4) is 0 Å². The van der Waals surface area contributed by atoms with E-state index in [1.54, 1.807) is 20.8 Å². The normalized spacial score (nSPS) is 21.3. The Morgan fingerprint density at radius 2 is 2.04 bits per heavy atom. The molecule has 0 bridgehead atoms. The second-order valence-electron chi connectivity index (χ2n) is 7.22. The second kappa shape index (κ2) is 6.22. The van der Waals surface area contributed by atoms with E-state index in [4.69, 9.17) is 4.74 Å². The van der Waals surface area contributed by atoms with E-state index >= 15 is 0 Å². The molecule has 0 radical (unpaired) electrons. The Bertz CT molecular complexity index is 605. The van der Waals surface area contributed by atoms with Crippen LogP contribution < -0.4 is 5.11 Å². The Kier molecular flexibility index (Phi) is 4.68. The summed E-state index contributed by atoms with van der Waals surface area (Å²) in [5.41, 5.74) is -0.0703. The van der Waals surface area contributed by atoms with Crippen molar-refractivity contribution in [1.82, 2.24) is 4.90 Å². The fraction of sp³-hybridized carbons (Fsp3) is 0.556. The lowest BCUT2D eigenvalue weighted by molar-refractivity contribution is -0.317. The van der Waals surface area contributed by atoms with Crippen LogP contribution in [0.1, 0.15) is 44.7 Å². The standard InChI is InChI=1S/C18H25NO4/c1-13-7-5-8-14(11-13)12-18(15(20)21)9-6-10-19(18)16(22)23-17(2,3)4/h5,7-8,11H,6,9-10,12H2,1-4H3,(H,20,21)/p-1/t18-/m0/s1. The third-order valence-corrected chi connectivity index (χ3v) is 4.06. The number of carbonyl (C=O) groups excluding carboxylic acids is 2. The molecule has 0 unspecified atom stereocenters. The number of amides is 1. The second-order valence-corrected chi connectivity index (χ2v) is 7.22. The Labute approximate surface area is 137 Å². The van der Waals surface area contributed by atoms with Crippen LogP contribution in [0.4, 0.5) is 4.79 Å². The zero-order valence-corrected chi connectivity index (χ0v) is 14.2. The molecule has 1 fully saturated rings. The van der Waals surface area contributed by atoms with Gasteiger partial charge in [-0.2, -0.15) is 0 Å². The van der Waals surface area contributed by atoms with Gasteiger partial charge in [0.05, 0.1) is 11.5 Å². The highest BCUT2D eigenvalue weighted by molar-refractivity contribution is 5.84. The smallest absolute Gasteiger partial charge is 0.411 e. The van der Waals surface area contributed by atoms with E-state index in [0.29, 0.717) is 19.4 Å². The minimum absolute atomic E-state index is 0.232. The number of carboxylic acid groups (broad SMARTS) is 1. The average Bonchev–Trinajstić information content (AvgIpc) is 2.82. The molecule has 1 aliphatic rings. The van der Waals surface area contributed by atoms with Crippen molar-refractivity contribution in [2.75, 3.05) is 6.54 Å². The fourth-order valence-electron chi connectivity index (χ4n) is 3.09. The van der Waals surface area contributed by atoms with Gasteiger partial charge in [-0.15, -0.1) is 0 Å². The lowest BCUT2D eigenvalue weighted by Gasteiger charge is -2.40. The molecular weight excluding hydrogens is 294 g/mol. The number of aryl methyl sites for hydroxylation is 1. The van der Waals surface area contributed by atoms with E-state index in [1.807, 2.05) is 31.2 Å². The van der Waals surface area contributed by atoms with Crippen molar-refractivity contribution >= 4 is 12.1 Å². The minimum atomic E-state index is -1.34. The molecule has 1 saturated heterocycles. The highest BCUT2D eigenvalue weighted by atomic mass is 16.6. The predicted octanol–water partition coefficient (Wildman–Crippen LogP) is 2.06. The number of rotatable bonds is 3. The molecule has 23 heavy (non-hydrogen) atoms. The molecule has 1 atom stereocenters. The molecule has 0 N–H and O–H groups in total. The number of carbonyl (C=O) groups is 2. The first-order valence-electron chi connectivity index (χ1n) is 7.92. The number of nitrogens with zero attached hydrogens (tertiary/aromatic N) is 1. The fourth-order valence-corrected chi connectivity index (χ4v) is 3.09. The zero-order chi connectivity index (χ0) is 17.3. The van der Waals surface area contributed by atoms with Crippen molar-refractivity contribution in [2.45, 2.75) is 58.1 Å². The average molecular weight is 318 g/mol. The molecule has 0 aromatic heterocycles. The number of ether oxygens (including phenoxy) is 1. The first kappa shape index (κ1) is 17.3. The quantitative estimate of drug-likeness (QED) is 0.855. The summed E-state index contributed by atoms with van der Waals surface area (Å²) in [6.45, 7) is 7.62. The number of likely N-dealkylation sites (tertiary alicyclic amines) is 1. The van der Waals surface area contributed by atoms with Gasteiger partial charge in [0.2, 0.25) is 0 Å². The van der Waals surface area contributed by atoms with Crippen LogP contribution in [0.15, 0.2) is 24.3 Å². The Morgan fingerprint density at radius 1 is 1.35 bits per heavy atom. The van der Waals surface area contributed by atoms with Gasteiger partial charge in [0, 0.05) is 13.0 Å². The van der Waals surface area contributed by atoms with E-state index in [1.165, 1.54) is 4.90 Å². The molecule has 0 aliphatic carbocycles. The maximum atomic E-state index is 12.5. The van der Waals surface area contributed by atoms with Crippen LogP contribution in [0.2, 0.25) is 0 Å². The van der Waals surface area contributed by atoms with Gasteiger partial charge in [-0.05, 0) is 46.1 Å². The van der Waals surface area contributed by atoms with Gasteiger partial charge < -0.3 is 14.6 Å². The molecule has 2 rings (SSSR count). The van der Waals surface area contributed by atoms with Crippen molar-refractivity contribution in [3.63, 3.8) is 0 Å². The van der Waals surface area contributed by atoms with Gasteiger partial charge in [-0.25, -0.2) is 4.79 Å². The number of benzene rings is 1. The van der Waals surface area contributed by atoms with Gasteiger partial charge in [-0.3, -0.25) is 4.90 Å². The molecule has 1 aromatic rings. The lowest BCUT2D eigenvalue weighted by Crippen LogP contribution is -2.60. The molecule has 1 aromatic carbocycles. The van der Waals surface area contributed by atoms with Crippen molar-refractivity contribution in [2.24, 2.45) is 0 Å². The number of aliphatic carboxylic acids is 1. The van der Waals surface area contributed by atoms with Crippen LogP contribution in [0, 0.1) is 6.92 Å². The minimum Gasteiger partial charge on any atom is -0.548 e.